The molecule has 0 radical (unpaired) electrons. The molecule has 0 spiro atoms. The number of hydrogen-bond donors (Lipinski definition) is 1. The normalized spacial score (nSPS) is 18.4. The molecule has 1 aromatic rings. The molecule has 1 aliphatic rings. The van der Waals surface area contributed by atoms with Crippen LogP contribution in [0.3, 0.4) is 0 Å². The van der Waals surface area contributed by atoms with Crippen LogP contribution in [0.25, 0.3) is 0 Å². The molecule has 1 aliphatic heterocycles. The van der Waals surface area contributed by atoms with Crippen molar-refractivity contribution in [1.82, 2.24) is 0 Å². The van der Waals surface area contributed by atoms with E-state index in [2.05, 4.69) is 6.58 Å². The van der Waals surface area contributed by atoms with Crippen molar-refractivity contribution in [2.75, 3.05) is 0 Å². The highest BCUT2D eigenvalue weighted by Crippen LogP contribution is 2.39. The summed E-state index contributed by atoms with van der Waals surface area (Å²) < 4.78 is 5.17. The number of benzene rings is 1. The van der Waals surface area contributed by atoms with Gasteiger partial charge in [-0.1, -0.05) is 12.1 Å². The van der Waals surface area contributed by atoms with Crippen molar-refractivity contribution in [3.63, 3.8) is 0 Å². The van der Waals surface area contributed by atoms with Gasteiger partial charge in [0, 0.05) is 5.56 Å². The summed E-state index contributed by atoms with van der Waals surface area (Å²) >= 11 is 0. The minimum absolute atomic E-state index is 0.132. The maximum Gasteiger partial charge on any atom is 0.339 e. The van der Waals surface area contributed by atoms with Gasteiger partial charge < -0.3 is 9.84 Å². The Labute approximate surface area is 88.0 Å². The molecule has 0 aliphatic carbocycles. The number of phenols is 1. The first-order chi connectivity index (χ1) is 7.24. The van der Waals surface area contributed by atoms with Crippen molar-refractivity contribution in [3.05, 3.63) is 42.0 Å². The molecule has 0 saturated heterocycles. The number of rotatable bonds is 3. The van der Waals surface area contributed by atoms with Gasteiger partial charge in [0.25, 0.3) is 0 Å². The van der Waals surface area contributed by atoms with E-state index in [-0.39, 0.29) is 17.8 Å². The Morgan fingerprint density at radius 3 is 3.07 bits per heavy atom. The maximum atomic E-state index is 11.4. The van der Waals surface area contributed by atoms with Gasteiger partial charge in [0.2, 0.25) is 0 Å². The van der Waals surface area contributed by atoms with Crippen LogP contribution >= 0.6 is 0 Å². The van der Waals surface area contributed by atoms with Gasteiger partial charge in [0.15, 0.2) is 0 Å². The molecule has 0 bridgehead atoms. The van der Waals surface area contributed by atoms with E-state index < -0.39 is 0 Å². The van der Waals surface area contributed by atoms with Gasteiger partial charge >= 0.3 is 5.97 Å². The molecule has 78 valence electrons. The third kappa shape index (κ3) is 1.61. The summed E-state index contributed by atoms with van der Waals surface area (Å²) in [6, 6.07) is 4.89. The van der Waals surface area contributed by atoms with Crippen LogP contribution in [0.1, 0.15) is 34.9 Å². The number of esters is 1. The lowest BCUT2D eigenvalue weighted by Gasteiger charge is -2.09. The Hall–Kier alpha value is -1.77. The van der Waals surface area contributed by atoms with Crippen molar-refractivity contribution in [3.8, 4) is 5.75 Å². The molecule has 1 atom stereocenters. The average molecular weight is 204 g/mol. The lowest BCUT2D eigenvalue weighted by atomic mass is 10.0. The van der Waals surface area contributed by atoms with E-state index in [1.807, 2.05) is 0 Å². The Kier molecular flexibility index (Phi) is 2.46. The highest BCUT2D eigenvalue weighted by molar-refractivity contribution is 5.94. The second-order valence-electron chi connectivity index (χ2n) is 3.50. The van der Waals surface area contributed by atoms with E-state index in [1.165, 1.54) is 0 Å². The Balaban J connectivity index is 2.35. The predicted octanol–water partition coefficient (Wildman–Crippen LogP) is 2.57. The Morgan fingerprint density at radius 2 is 2.33 bits per heavy atom. The van der Waals surface area contributed by atoms with Crippen LogP contribution < -0.4 is 0 Å². The van der Waals surface area contributed by atoms with Crippen molar-refractivity contribution < 1.29 is 14.6 Å². The molecule has 1 N–H and O–H groups in total. The number of hydrogen-bond acceptors (Lipinski definition) is 3. The van der Waals surface area contributed by atoms with Gasteiger partial charge in [-0.2, -0.15) is 0 Å². The number of fused-ring (bicyclic) bond motifs is 1. The number of allylic oxidation sites excluding steroid dienone is 1. The van der Waals surface area contributed by atoms with Gasteiger partial charge in [-0.05, 0) is 25.0 Å². The van der Waals surface area contributed by atoms with E-state index in [1.54, 1.807) is 24.3 Å². The van der Waals surface area contributed by atoms with Gasteiger partial charge in [-0.15, -0.1) is 6.58 Å². The predicted molar refractivity (Wildman–Crippen MR) is 55.7 cm³/mol. The van der Waals surface area contributed by atoms with Gasteiger partial charge in [-0.3, -0.25) is 0 Å². The molecular formula is C12H12O3. The average Bonchev–Trinajstić information content (AvgIpc) is 2.55. The van der Waals surface area contributed by atoms with Crippen molar-refractivity contribution in [2.24, 2.45) is 0 Å². The number of ether oxygens (including phenoxy) is 1. The largest absolute Gasteiger partial charge is 0.508 e. The SMILES string of the molecule is C=CCCC1OC(=O)c2cccc(O)c21. The molecule has 0 saturated carbocycles. The van der Waals surface area contributed by atoms with E-state index in [9.17, 15) is 9.90 Å². The zero-order valence-electron chi connectivity index (χ0n) is 8.27. The minimum Gasteiger partial charge on any atom is -0.508 e. The smallest absolute Gasteiger partial charge is 0.339 e. The van der Waals surface area contributed by atoms with Gasteiger partial charge in [-0.25, -0.2) is 4.79 Å². The fourth-order valence-corrected chi connectivity index (χ4v) is 1.79. The lowest BCUT2D eigenvalue weighted by Crippen LogP contribution is -1.98. The zero-order chi connectivity index (χ0) is 10.8. The van der Waals surface area contributed by atoms with Crippen LogP contribution in [0.4, 0.5) is 0 Å². The summed E-state index contributed by atoms with van der Waals surface area (Å²) in [4.78, 5) is 11.4. The number of carbonyl (C=O) groups excluding carboxylic acids is 1. The van der Waals surface area contributed by atoms with Crippen molar-refractivity contribution in [2.45, 2.75) is 18.9 Å². The molecule has 1 heterocycles. The molecule has 15 heavy (non-hydrogen) atoms. The second kappa shape index (κ2) is 3.77. The number of carbonyl (C=O) groups is 1. The molecule has 3 nitrogen and oxygen atoms in total. The summed E-state index contributed by atoms with van der Waals surface area (Å²) in [5, 5.41) is 9.66. The Morgan fingerprint density at radius 1 is 1.53 bits per heavy atom. The van der Waals surface area contributed by atoms with E-state index >= 15 is 0 Å². The topological polar surface area (TPSA) is 46.5 Å². The third-order valence-electron chi connectivity index (χ3n) is 2.51. The summed E-state index contributed by atoms with van der Waals surface area (Å²) in [5.74, 6) is -0.220. The first-order valence-electron chi connectivity index (χ1n) is 4.87. The number of cyclic esters (lactones) is 1. The van der Waals surface area contributed by atoms with Gasteiger partial charge in [0.05, 0.1) is 5.56 Å². The summed E-state index contributed by atoms with van der Waals surface area (Å²) in [7, 11) is 0. The molecule has 1 unspecified atom stereocenters. The lowest BCUT2D eigenvalue weighted by molar-refractivity contribution is 0.0368. The van der Waals surface area contributed by atoms with Crippen molar-refractivity contribution in [1.29, 1.82) is 0 Å². The van der Waals surface area contributed by atoms with Gasteiger partial charge in [0.1, 0.15) is 11.9 Å². The zero-order valence-corrected chi connectivity index (χ0v) is 8.27. The quantitative estimate of drug-likeness (QED) is 0.608. The summed E-state index contributed by atoms with van der Waals surface area (Å²) in [6.07, 6.45) is 2.86. The van der Waals surface area contributed by atoms with Crippen LogP contribution in [-0.2, 0) is 4.74 Å². The van der Waals surface area contributed by atoms with Crippen LogP contribution in [0.15, 0.2) is 30.9 Å². The molecule has 0 fully saturated rings. The number of aromatic hydroxyl groups is 1. The van der Waals surface area contributed by atoms with Crippen LogP contribution in [0, 0.1) is 0 Å². The standard InChI is InChI=1S/C12H12O3/c1-2-3-7-10-11-8(12(14)15-10)5-4-6-9(11)13/h2,4-6,10,13H,1,3,7H2. The molecule has 0 aromatic heterocycles. The minimum atomic E-state index is -0.352. The second-order valence-corrected chi connectivity index (χ2v) is 3.50. The first kappa shape index (κ1) is 9.77. The van der Waals surface area contributed by atoms with Crippen molar-refractivity contribution >= 4 is 5.97 Å². The third-order valence-corrected chi connectivity index (χ3v) is 2.51. The summed E-state index contributed by atoms with van der Waals surface area (Å²) in [5.41, 5.74) is 1.09. The number of phenolic OH excluding ortho intramolecular Hbond substituents is 1. The fraction of sp³-hybridized carbons (Fsp3) is 0.250. The molecule has 1 aromatic carbocycles. The summed E-state index contributed by atoms with van der Waals surface area (Å²) in [6.45, 7) is 3.62. The first-order valence-corrected chi connectivity index (χ1v) is 4.87. The van der Waals surface area contributed by atoms with E-state index in [0.29, 0.717) is 17.5 Å². The fourth-order valence-electron chi connectivity index (χ4n) is 1.79. The Bertz CT molecular complexity index is 409. The van der Waals surface area contributed by atoms with Crippen LogP contribution in [-0.4, -0.2) is 11.1 Å². The van der Waals surface area contributed by atoms with E-state index in [4.69, 9.17) is 4.74 Å². The molecule has 2 rings (SSSR count). The monoisotopic (exact) mass is 204 g/mol. The molecule has 3 heteroatoms. The van der Waals surface area contributed by atoms with Crippen LogP contribution in [0.5, 0.6) is 5.75 Å². The van der Waals surface area contributed by atoms with Crippen LogP contribution in [0.2, 0.25) is 0 Å². The highest BCUT2D eigenvalue weighted by atomic mass is 16.5. The highest BCUT2D eigenvalue weighted by Gasteiger charge is 2.32. The van der Waals surface area contributed by atoms with E-state index in [0.717, 1.165) is 6.42 Å². The maximum absolute atomic E-state index is 11.4. The molecular weight excluding hydrogens is 192 g/mol. The molecule has 0 amide bonds.